The Labute approximate surface area is 151 Å². The first-order valence-electron chi connectivity index (χ1n) is 7.46. The van der Waals surface area contributed by atoms with Crippen LogP contribution in [-0.4, -0.2) is 20.9 Å². The second-order valence-corrected chi connectivity index (χ2v) is 5.80. The first-order valence-corrected chi connectivity index (χ1v) is 7.84. The topological polar surface area (TPSA) is 59.8 Å². The predicted octanol–water partition coefficient (Wildman–Crippen LogP) is 3.87. The summed E-state index contributed by atoms with van der Waals surface area (Å²) in [5, 5.41) is 10.5. The van der Waals surface area contributed by atoms with Crippen LogP contribution in [0.3, 0.4) is 0 Å². The Kier molecular flexibility index (Phi) is 4.94. The Morgan fingerprint density at radius 2 is 1.92 bits per heavy atom. The van der Waals surface area contributed by atoms with Crippen LogP contribution < -0.4 is 5.32 Å². The van der Waals surface area contributed by atoms with Crippen LogP contribution in [0.1, 0.15) is 21.6 Å². The van der Waals surface area contributed by atoms with E-state index in [4.69, 9.17) is 11.6 Å². The maximum Gasteiger partial charge on any atom is 0.416 e. The van der Waals surface area contributed by atoms with Gasteiger partial charge in [0, 0.05) is 11.6 Å². The quantitative estimate of drug-likeness (QED) is 0.747. The first-order chi connectivity index (χ1) is 12.3. The van der Waals surface area contributed by atoms with E-state index < -0.39 is 17.6 Å². The minimum absolute atomic E-state index is 0.0190. The summed E-state index contributed by atoms with van der Waals surface area (Å²) in [6.07, 6.45) is -3.12. The molecule has 0 radical (unpaired) electrons. The number of benzene rings is 2. The van der Waals surface area contributed by atoms with Crippen molar-refractivity contribution in [3.05, 3.63) is 76.6 Å². The number of carbonyl (C=O) groups excluding carboxylic acids is 1. The summed E-state index contributed by atoms with van der Waals surface area (Å²) < 4.78 is 40.3. The van der Waals surface area contributed by atoms with Crippen LogP contribution in [0.4, 0.5) is 13.2 Å². The number of rotatable bonds is 4. The van der Waals surface area contributed by atoms with Crippen molar-refractivity contribution >= 4 is 17.5 Å². The van der Waals surface area contributed by atoms with E-state index in [9.17, 15) is 18.0 Å². The molecule has 0 bridgehead atoms. The molecule has 0 atom stereocenters. The summed E-state index contributed by atoms with van der Waals surface area (Å²) in [7, 11) is 0. The largest absolute Gasteiger partial charge is 0.416 e. The van der Waals surface area contributed by atoms with Gasteiger partial charge in [0.05, 0.1) is 17.4 Å². The molecular weight excluding hydrogens is 369 g/mol. The Bertz CT molecular complexity index is 940. The zero-order valence-corrected chi connectivity index (χ0v) is 13.9. The molecule has 0 aliphatic carbocycles. The first kappa shape index (κ1) is 17.9. The minimum Gasteiger partial charge on any atom is -0.346 e. The van der Waals surface area contributed by atoms with Crippen LogP contribution in [0.15, 0.2) is 54.7 Å². The molecule has 0 unspecified atom stereocenters. The fourth-order valence-corrected chi connectivity index (χ4v) is 2.51. The normalized spacial score (nSPS) is 11.4. The van der Waals surface area contributed by atoms with Gasteiger partial charge in [-0.25, -0.2) is 4.68 Å². The number of aromatic nitrogens is 3. The zero-order chi connectivity index (χ0) is 18.7. The van der Waals surface area contributed by atoms with Crippen molar-refractivity contribution in [2.24, 2.45) is 0 Å². The van der Waals surface area contributed by atoms with Gasteiger partial charge >= 0.3 is 6.18 Å². The fourth-order valence-electron chi connectivity index (χ4n) is 2.33. The van der Waals surface area contributed by atoms with E-state index in [2.05, 4.69) is 15.6 Å². The van der Waals surface area contributed by atoms with Crippen molar-refractivity contribution in [2.75, 3.05) is 0 Å². The third-order valence-corrected chi connectivity index (χ3v) is 3.80. The number of carbonyl (C=O) groups is 1. The average molecular weight is 381 g/mol. The molecule has 3 aromatic rings. The molecule has 9 heteroatoms. The third kappa shape index (κ3) is 4.02. The van der Waals surface area contributed by atoms with Crippen LogP contribution in [-0.2, 0) is 12.7 Å². The van der Waals surface area contributed by atoms with Gasteiger partial charge in [0.25, 0.3) is 5.91 Å². The fraction of sp³-hybridized carbons (Fsp3) is 0.118. The highest BCUT2D eigenvalue weighted by Gasteiger charge is 2.32. The van der Waals surface area contributed by atoms with Gasteiger partial charge in [-0.05, 0) is 29.8 Å². The Balaban J connectivity index is 1.72. The highest BCUT2D eigenvalue weighted by atomic mass is 35.5. The van der Waals surface area contributed by atoms with Crippen molar-refractivity contribution < 1.29 is 18.0 Å². The maximum atomic E-state index is 13.0. The van der Waals surface area contributed by atoms with Gasteiger partial charge in [-0.2, -0.15) is 13.2 Å². The van der Waals surface area contributed by atoms with E-state index in [1.807, 2.05) is 0 Å². The lowest BCUT2D eigenvalue weighted by Gasteiger charge is -2.12. The summed E-state index contributed by atoms with van der Waals surface area (Å²) in [5.41, 5.74) is -0.237. The number of hydrogen-bond acceptors (Lipinski definition) is 3. The molecule has 0 aliphatic rings. The van der Waals surface area contributed by atoms with Crippen LogP contribution in [0, 0.1) is 0 Å². The molecule has 1 N–H and O–H groups in total. The SMILES string of the molecule is O=C(NCc1ccccc1C(F)(F)F)c1cn(-c2cccc(Cl)c2)nn1. The summed E-state index contributed by atoms with van der Waals surface area (Å²) in [4.78, 5) is 12.2. The van der Waals surface area contributed by atoms with Crippen LogP contribution in [0.5, 0.6) is 0 Å². The van der Waals surface area contributed by atoms with Crippen molar-refractivity contribution in [1.29, 1.82) is 0 Å². The number of halogens is 4. The van der Waals surface area contributed by atoms with E-state index in [-0.39, 0.29) is 17.8 Å². The summed E-state index contributed by atoms with van der Waals surface area (Å²) >= 11 is 5.90. The Morgan fingerprint density at radius 3 is 2.65 bits per heavy atom. The molecule has 5 nitrogen and oxygen atoms in total. The molecule has 0 saturated heterocycles. The molecule has 1 amide bonds. The second kappa shape index (κ2) is 7.17. The van der Waals surface area contributed by atoms with E-state index in [1.54, 1.807) is 24.3 Å². The van der Waals surface area contributed by atoms with Crippen LogP contribution in [0.2, 0.25) is 5.02 Å². The number of nitrogens with one attached hydrogen (secondary N) is 1. The Hall–Kier alpha value is -2.87. The minimum atomic E-state index is -4.49. The molecule has 2 aromatic carbocycles. The standard InChI is InChI=1S/C17H12ClF3N4O/c18-12-5-3-6-13(8-12)25-10-15(23-24-25)16(26)22-9-11-4-1-2-7-14(11)17(19,20)21/h1-8,10H,9H2,(H,22,26). The van der Waals surface area contributed by atoms with Crippen molar-refractivity contribution in [3.8, 4) is 5.69 Å². The number of nitrogens with zero attached hydrogens (tertiary/aromatic N) is 3. The Morgan fingerprint density at radius 1 is 1.15 bits per heavy atom. The highest BCUT2D eigenvalue weighted by Crippen LogP contribution is 2.31. The summed E-state index contributed by atoms with van der Waals surface area (Å²) in [6.45, 7) is -0.279. The van der Waals surface area contributed by atoms with Gasteiger partial charge in [0.1, 0.15) is 0 Å². The van der Waals surface area contributed by atoms with Crippen molar-refractivity contribution in [2.45, 2.75) is 12.7 Å². The van der Waals surface area contributed by atoms with Crippen molar-refractivity contribution in [3.63, 3.8) is 0 Å². The van der Waals surface area contributed by atoms with Gasteiger partial charge in [0.2, 0.25) is 0 Å². The number of hydrogen-bond donors (Lipinski definition) is 1. The highest BCUT2D eigenvalue weighted by molar-refractivity contribution is 6.30. The predicted molar refractivity (Wildman–Crippen MR) is 89.0 cm³/mol. The third-order valence-electron chi connectivity index (χ3n) is 3.56. The van der Waals surface area contributed by atoms with E-state index in [0.717, 1.165) is 6.07 Å². The number of amides is 1. The lowest BCUT2D eigenvalue weighted by molar-refractivity contribution is -0.138. The average Bonchev–Trinajstić information content (AvgIpc) is 3.09. The van der Waals surface area contributed by atoms with E-state index in [1.165, 1.54) is 29.1 Å². The van der Waals surface area contributed by atoms with Gasteiger partial charge < -0.3 is 5.32 Å². The van der Waals surface area contributed by atoms with Crippen LogP contribution in [0.25, 0.3) is 5.69 Å². The molecule has 3 rings (SSSR count). The van der Waals surface area contributed by atoms with Gasteiger partial charge in [-0.3, -0.25) is 4.79 Å². The summed E-state index contributed by atoms with van der Waals surface area (Å²) in [5.74, 6) is -0.629. The van der Waals surface area contributed by atoms with Crippen molar-refractivity contribution in [1.82, 2.24) is 20.3 Å². The second-order valence-electron chi connectivity index (χ2n) is 5.37. The van der Waals surface area contributed by atoms with E-state index >= 15 is 0 Å². The van der Waals surface area contributed by atoms with Crippen LogP contribution >= 0.6 is 11.6 Å². The molecule has 0 fully saturated rings. The molecule has 26 heavy (non-hydrogen) atoms. The smallest absolute Gasteiger partial charge is 0.346 e. The molecule has 134 valence electrons. The van der Waals surface area contributed by atoms with Gasteiger partial charge in [-0.15, -0.1) is 5.10 Å². The van der Waals surface area contributed by atoms with Gasteiger partial charge in [0.15, 0.2) is 5.69 Å². The maximum absolute atomic E-state index is 13.0. The lowest BCUT2D eigenvalue weighted by Crippen LogP contribution is -2.24. The molecular formula is C17H12ClF3N4O. The molecule has 0 aliphatic heterocycles. The lowest BCUT2D eigenvalue weighted by atomic mass is 10.1. The molecule has 1 aromatic heterocycles. The van der Waals surface area contributed by atoms with Gasteiger partial charge in [-0.1, -0.05) is 41.1 Å². The molecule has 1 heterocycles. The molecule has 0 saturated carbocycles. The molecule has 0 spiro atoms. The van der Waals surface area contributed by atoms with E-state index in [0.29, 0.717) is 10.7 Å². The number of alkyl halides is 3. The monoisotopic (exact) mass is 380 g/mol. The zero-order valence-electron chi connectivity index (χ0n) is 13.2. The summed E-state index contributed by atoms with van der Waals surface area (Å²) in [6, 6.07) is 11.8.